The van der Waals surface area contributed by atoms with Gasteiger partial charge in [-0.1, -0.05) is 30.3 Å². The molecule has 0 atom stereocenters. The average molecular weight is 295 g/mol. The Morgan fingerprint density at radius 2 is 1.73 bits per heavy atom. The second-order valence-electron chi connectivity index (χ2n) is 5.02. The summed E-state index contributed by atoms with van der Waals surface area (Å²) in [6.07, 6.45) is 0. The molecular formula is C16H13N3O3. The quantitative estimate of drug-likeness (QED) is 0.549. The number of nitro benzene ring substituents is 1. The van der Waals surface area contributed by atoms with Crippen LogP contribution in [0.15, 0.2) is 53.3 Å². The van der Waals surface area contributed by atoms with Gasteiger partial charge in [0.25, 0.3) is 11.2 Å². The molecule has 22 heavy (non-hydrogen) atoms. The summed E-state index contributed by atoms with van der Waals surface area (Å²) in [7, 11) is 0. The first-order valence-electron chi connectivity index (χ1n) is 6.76. The number of hydrogen-bond donors (Lipinski definition) is 0. The summed E-state index contributed by atoms with van der Waals surface area (Å²) in [4.78, 5) is 22.7. The first-order chi connectivity index (χ1) is 10.6. The molecule has 0 spiro atoms. The zero-order chi connectivity index (χ0) is 15.7. The zero-order valence-electron chi connectivity index (χ0n) is 11.9. The minimum absolute atomic E-state index is 0.0266. The van der Waals surface area contributed by atoms with E-state index in [1.807, 2.05) is 25.1 Å². The van der Waals surface area contributed by atoms with Gasteiger partial charge in [-0.15, -0.1) is 0 Å². The molecule has 0 amide bonds. The Hall–Kier alpha value is -3.02. The number of benzene rings is 2. The largest absolute Gasteiger partial charge is 0.274 e. The van der Waals surface area contributed by atoms with E-state index in [9.17, 15) is 14.9 Å². The predicted octanol–water partition coefficient (Wildman–Crippen LogP) is 2.66. The molecule has 1 heterocycles. The van der Waals surface area contributed by atoms with E-state index in [1.165, 1.54) is 16.8 Å². The number of non-ortho nitro benzene ring substituents is 1. The van der Waals surface area contributed by atoms with Crippen molar-refractivity contribution in [2.45, 2.75) is 13.5 Å². The molecule has 110 valence electrons. The zero-order valence-corrected chi connectivity index (χ0v) is 11.9. The fourth-order valence-electron chi connectivity index (χ4n) is 2.41. The minimum Gasteiger partial charge on any atom is -0.267 e. The van der Waals surface area contributed by atoms with E-state index >= 15 is 0 Å². The summed E-state index contributed by atoms with van der Waals surface area (Å²) in [6.45, 7) is 2.14. The van der Waals surface area contributed by atoms with Gasteiger partial charge < -0.3 is 0 Å². The average Bonchev–Trinajstić information content (AvgIpc) is 2.53. The highest BCUT2D eigenvalue weighted by molar-refractivity contribution is 5.83. The van der Waals surface area contributed by atoms with Crippen LogP contribution in [0.4, 0.5) is 5.69 Å². The molecule has 0 saturated carbocycles. The molecule has 2 aromatic carbocycles. The lowest BCUT2D eigenvalue weighted by molar-refractivity contribution is -0.384. The highest BCUT2D eigenvalue weighted by Gasteiger charge is 2.09. The monoisotopic (exact) mass is 295 g/mol. The second-order valence-corrected chi connectivity index (χ2v) is 5.02. The molecule has 3 rings (SSSR count). The molecule has 0 aliphatic carbocycles. The van der Waals surface area contributed by atoms with Gasteiger partial charge in [0.2, 0.25) is 0 Å². The lowest BCUT2D eigenvalue weighted by atomic mass is 10.1. The summed E-state index contributed by atoms with van der Waals surface area (Å²) in [6, 6.07) is 13.5. The third kappa shape index (κ3) is 2.46. The summed E-state index contributed by atoms with van der Waals surface area (Å²) in [5.41, 5.74) is 1.42. The molecule has 0 fully saturated rings. The van der Waals surface area contributed by atoms with Crippen LogP contribution in [0.2, 0.25) is 0 Å². The molecule has 0 N–H and O–H groups in total. The predicted molar refractivity (Wildman–Crippen MR) is 82.9 cm³/mol. The van der Waals surface area contributed by atoms with Crippen LogP contribution in [0, 0.1) is 17.0 Å². The second kappa shape index (κ2) is 5.40. The maximum Gasteiger partial charge on any atom is 0.274 e. The SMILES string of the molecule is Cc1nn(Cc2ccc([N+](=O)[O-])cc2)c(=O)c2ccccc12. The normalized spacial score (nSPS) is 10.8. The van der Waals surface area contributed by atoms with Crippen molar-refractivity contribution in [3.05, 3.63) is 80.3 Å². The highest BCUT2D eigenvalue weighted by Crippen LogP contribution is 2.14. The van der Waals surface area contributed by atoms with E-state index in [0.717, 1.165) is 16.6 Å². The molecule has 0 bridgehead atoms. The van der Waals surface area contributed by atoms with E-state index in [0.29, 0.717) is 5.39 Å². The van der Waals surface area contributed by atoms with Crippen molar-refractivity contribution < 1.29 is 4.92 Å². The first-order valence-corrected chi connectivity index (χ1v) is 6.76. The van der Waals surface area contributed by atoms with Gasteiger partial charge >= 0.3 is 0 Å². The standard InChI is InChI=1S/C16H13N3O3/c1-11-14-4-2-3-5-15(14)16(20)18(17-11)10-12-6-8-13(9-7-12)19(21)22/h2-9H,10H2,1H3. The fourth-order valence-corrected chi connectivity index (χ4v) is 2.41. The van der Waals surface area contributed by atoms with Crippen LogP contribution in [0.3, 0.4) is 0 Å². The van der Waals surface area contributed by atoms with Crippen LogP contribution in [0.25, 0.3) is 10.8 Å². The topological polar surface area (TPSA) is 78.0 Å². The van der Waals surface area contributed by atoms with Crippen molar-refractivity contribution in [1.82, 2.24) is 9.78 Å². The van der Waals surface area contributed by atoms with Crippen molar-refractivity contribution >= 4 is 16.5 Å². The van der Waals surface area contributed by atoms with Crippen molar-refractivity contribution in [3.8, 4) is 0 Å². The minimum atomic E-state index is -0.450. The summed E-state index contributed by atoms with van der Waals surface area (Å²) in [5, 5.41) is 16.4. The lowest BCUT2D eigenvalue weighted by Gasteiger charge is -2.08. The molecule has 6 heteroatoms. The van der Waals surface area contributed by atoms with E-state index in [2.05, 4.69) is 5.10 Å². The number of rotatable bonds is 3. The van der Waals surface area contributed by atoms with Gasteiger partial charge in [-0.25, -0.2) is 4.68 Å². The third-order valence-electron chi connectivity index (χ3n) is 3.53. The molecule has 6 nitrogen and oxygen atoms in total. The van der Waals surface area contributed by atoms with E-state index in [4.69, 9.17) is 0 Å². The number of nitrogens with zero attached hydrogens (tertiary/aromatic N) is 3. The Balaban J connectivity index is 2.02. The van der Waals surface area contributed by atoms with Gasteiger partial charge in [-0.2, -0.15) is 5.10 Å². The van der Waals surface area contributed by atoms with Crippen LogP contribution < -0.4 is 5.56 Å². The number of aromatic nitrogens is 2. The number of aryl methyl sites for hydroxylation is 1. The van der Waals surface area contributed by atoms with Crippen molar-refractivity contribution in [3.63, 3.8) is 0 Å². The van der Waals surface area contributed by atoms with Crippen LogP contribution in [0.1, 0.15) is 11.3 Å². The van der Waals surface area contributed by atoms with Crippen molar-refractivity contribution in [1.29, 1.82) is 0 Å². The van der Waals surface area contributed by atoms with Crippen LogP contribution >= 0.6 is 0 Å². The maximum absolute atomic E-state index is 12.5. The first kappa shape index (κ1) is 13.9. The van der Waals surface area contributed by atoms with Crippen molar-refractivity contribution in [2.75, 3.05) is 0 Å². The molecule has 1 aromatic heterocycles. The Labute approximate surface area is 125 Å². The Morgan fingerprint density at radius 1 is 1.09 bits per heavy atom. The van der Waals surface area contributed by atoms with Gasteiger partial charge in [-0.05, 0) is 18.6 Å². The van der Waals surface area contributed by atoms with E-state index in [1.54, 1.807) is 18.2 Å². The maximum atomic E-state index is 12.5. The van der Waals surface area contributed by atoms with Crippen molar-refractivity contribution in [2.24, 2.45) is 0 Å². The van der Waals surface area contributed by atoms with Gasteiger partial charge in [0.05, 0.1) is 22.5 Å². The Kier molecular flexibility index (Phi) is 3.42. The number of nitro groups is 1. The lowest BCUT2D eigenvalue weighted by Crippen LogP contribution is -2.24. The Bertz CT molecular complexity index is 914. The molecule has 0 saturated heterocycles. The van der Waals surface area contributed by atoms with Gasteiger partial charge in [-0.3, -0.25) is 14.9 Å². The van der Waals surface area contributed by atoms with Gasteiger partial charge in [0, 0.05) is 17.5 Å². The molecule has 0 aliphatic rings. The van der Waals surface area contributed by atoms with Gasteiger partial charge in [0.1, 0.15) is 0 Å². The van der Waals surface area contributed by atoms with E-state index in [-0.39, 0.29) is 17.8 Å². The molecular weight excluding hydrogens is 282 g/mol. The van der Waals surface area contributed by atoms with Crippen LogP contribution in [0.5, 0.6) is 0 Å². The molecule has 3 aromatic rings. The number of hydrogen-bond acceptors (Lipinski definition) is 4. The fraction of sp³-hybridized carbons (Fsp3) is 0.125. The smallest absolute Gasteiger partial charge is 0.267 e. The summed E-state index contributed by atoms with van der Waals surface area (Å²) in [5.74, 6) is 0. The molecule has 0 radical (unpaired) electrons. The highest BCUT2D eigenvalue weighted by atomic mass is 16.6. The number of fused-ring (bicyclic) bond motifs is 1. The molecule has 0 aliphatic heterocycles. The Morgan fingerprint density at radius 3 is 2.36 bits per heavy atom. The summed E-state index contributed by atoms with van der Waals surface area (Å²) < 4.78 is 1.39. The van der Waals surface area contributed by atoms with Gasteiger partial charge in [0.15, 0.2) is 0 Å². The van der Waals surface area contributed by atoms with Crippen LogP contribution in [-0.2, 0) is 6.54 Å². The third-order valence-corrected chi connectivity index (χ3v) is 3.53. The van der Waals surface area contributed by atoms with Crippen LogP contribution in [-0.4, -0.2) is 14.7 Å². The van der Waals surface area contributed by atoms with E-state index < -0.39 is 4.92 Å². The summed E-state index contributed by atoms with van der Waals surface area (Å²) >= 11 is 0. The molecule has 0 unspecified atom stereocenters.